The molecule has 1 heterocycles. The topological polar surface area (TPSA) is 64.5 Å². The molecule has 0 radical (unpaired) electrons. The van der Waals surface area contributed by atoms with Gasteiger partial charge < -0.3 is 20.8 Å². The summed E-state index contributed by atoms with van der Waals surface area (Å²) in [6, 6.07) is 5.15. The van der Waals surface area contributed by atoms with Crippen molar-refractivity contribution in [2.75, 3.05) is 19.6 Å². The molecular formula is C10H15ClN2O2. The summed E-state index contributed by atoms with van der Waals surface area (Å²) in [6.07, 6.45) is 0. The molecule has 15 heavy (non-hydrogen) atoms. The molecule has 0 bridgehead atoms. The van der Waals surface area contributed by atoms with E-state index in [0.717, 1.165) is 25.2 Å². The number of piperazine rings is 1. The first-order chi connectivity index (χ1) is 6.77. The second-order valence-electron chi connectivity index (χ2n) is 3.46. The minimum atomic E-state index is -0.0717. The van der Waals surface area contributed by atoms with Crippen molar-refractivity contribution in [3.05, 3.63) is 23.8 Å². The monoisotopic (exact) mass is 230 g/mol. The van der Waals surface area contributed by atoms with Gasteiger partial charge in [0.1, 0.15) is 0 Å². The van der Waals surface area contributed by atoms with Crippen molar-refractivity contribution in [3.8, 4) is 11.5 Å². The van der Waals surface area contributed by atoms with Gasteiger partial charge in [0, 0.05) is 25.7 Å². The van der Waals surface area contributed by atoms with Crippen molar-refractivity contribution in [3.63, 3.8) is 0 Å². The van der Waals surface area contributed by atoms with E-state index in [4.69, 9.17) is 5.11 Å². The van der Waals surface area contributed by atoms with E-state index in [1.54, 1.807) is 6.07 Å². The lowest BCUT2D eigenvalue weighted by atomic mass is 10.0. The van der Waals surface area contributed by atoms with Gasteiger partial charge in [-0.05, 0) is 17.7 Å². The first-order valence-electron chi connectivity index (χ1n) is 4.73. The number of phenols is 2. The molecule has 84 valence electrons. The Hall–Kier alpha value is -0.970. The highest BCUT2D eigenvalue weighted by molar-refractivity contribution is 5.85. The summed E-state index contributed by atoms with van der Waals surface area (Å²) in [6.45, 7) is 2.75. The molecule has 0 spiro atoms. The molecule has 4 N–H and O–H groups in total. The molecule has 0 saturated carbocycles. The van der Waals surface area contributed by atoms with E-state index >= 15 is 0 Å². The smallest absolute Gasteiger partial charge is 0.157 e. The van der Waals surface area contributed by atoms with Crippen LogP contribution in [0.3, 0.4) is 0 Å². The van der Waals surface area contributed by atoms with Crippen molar-refractivity contribution in [1.82, 2.24) is 10.6 Å². The second-order valence-corrected chi connectivity index (χ2v) is 3.46. The maximum atomic E-state index is 9.33. The van der Waals surface area contributed by atoms with Gasteiger partial charge in [0.25, 0.3) is 0 Å². The Labute approximate surface area is 94.7 Å². The number of phenolic OH excluding ortho intramolecular Hbond substituents is 2. The zero-order valence-electron chi connectivity index (χ0n) is 8.23. The average Bonchev–Trinajstić information content (AvgIpc) is 2.23. The normalized spacial score (nSPS) is 20.7. The van der Waals surface area contributed by atoms with Crippen LogP contribution < -0.4 is 10.6 Å². The first-order valence-corrected chi connectivity index (χ1v) is 4.73. The summed E-state index contributed by atoms with van der Waals surface area (Å²) in [5, 5.41) is 25.1. The minimum absolute atomic E-state index is 0. The fraction of sp³-hybridized carbons (Fsp3) is 0.400. The van der Waals surface area contributed by atoms with Crippen LogP contribution in [0.4, 0.5) is 0 Å². The summed E-state index contributed by atoms with van der Waals surface area (Å²) < 4.78 is 0. The molecule has 1 aliphatic rings. The van der Waals surface area contributed by atoms with Gasteiger partial charge in [-0.15, -0.1) is 12.4 Å². The third-order valence-electron chi connectivity index (χ3n) is 2.44. The van der Waals surface area contributed by atoms with Gasteiger partial charge in [-0.3, -0.25) is 0 Å². The number of benzene rings is 1. The quantitative estimate of drug-likeness (QED) is 0.538. The van der Waals surface area contributed by atoms with Crippen molar-refractivity contribution < 1.29 is 10.2 Å². The van der Waals surface area contributed by atoms with Crippen LogP contribution >= 0.6 is 12.4 Å². The predicted molar refractivity (Wildman–Crippen MR) is 60.6 cm³/mol. The summed E-state index contributed by atoms with van der Waals surface area (Å²) in [4.78, 5) is 0. The van der Waals surface area contributed by atoms with Crippen molar-refractivity contribution >= 4 is 12.4 Å². The third-order valence-corrected chi connectivity index (χ3v) is 2.44. The van der Waals surface area contributed by atoms with Gasteiger partial charge in [0.15, 0.2) is 11.5 Å². The lowest BCUT2D eigenvalue weighted by molar-refractivity contribution is 0.397. The Bertz CT molecular complexity index is 327. The molecule has 2 rings (SSSR count). The van der Waals surface area contributed by atoms with Crippen LogP contribution in [0.1, 0.15) is 11.6 Å². The largest absolute Gasteiger partial charge is 0.504 e. The molecule has 0 amide bonds. The van der Waals surface area contributed by atoms with Gasteiger partial charge in [0.05, 0.1) is 0 Å². The number of hydrogen-bond acceptors (Lipinski definition) is 4. The summed E-state index contributed by atoms with van der Waals surface area (Å²) in [5.41, 5.74) is 0.993. The molecule has 0 unspecified atom stereocenters. The van der Waals surface area contributed by atoms with Gasteiger partial charge >= 0.3 is 0 Å². The number of nitrogens with one attached hydrogen (secondary N) is 2. The Balaban J connectivity index is 0.00000112. The van der Waals surface area contributed by atoms with Crippen LogP contribution in [0.2, 0.25) is 0 Å². The number of rotatable bonds is 1. The van der Waals surface area contributed by atoms with Crippen LogP contribution in [0.15, 0.2) is 18.2 Å². The van der Waals surface area contributed by atoms with Crippen LogP contribution in [0, 0.1) is 0 Å². The zero-order chi connectivity index (χ0) is 9.97. The first kappa shape index (κ1) is 12.1. The third kappa shape index (κ3) is 2.75. The molecule has 1 aromatic rings. The van der Waals surface area contributed by atoms with Gasteiger partial charge in [-0.2, -0.15) is 0 Å². The number of hydrogen-bond donors (Lipinski definition) is 4. The van der Waals surface area contributed by atoms with E-state index in [9.17, 15) is 5.11 Å². The lowest BCUT2D eigenvalue weighted by Gasteiger charge is -2.24. The molecule has 0 aromatic heterocycles. The molecule has 0 aliphatic carbocycles. The van der Waals surface area contributed by atoms with Gasteiger partial charge in [-0.1, -0.05) is 6.07 Å². The van der Waals surface area contributed by atoms with E-state index in [1.165, 1.54) is 6.07 Å². The van der Waals surface area contributed by atoms with Crippen molar-refractivity contribution in [2.24, 2.45) is 0 Å². The number of aromatic hydroxyl groups is 2. The molecule has 1 aliphatic heterocycles. The maximum absolute atomic E-state index is 9.33. The minimum Gasteiger partial charge on any atom is -0.504 e. The molecular weight excluding hydrogens is 216 g/mol. The molecule has 1 saturated heterocycles. The van der Waals surface area contributed by atoms with E-state index in [1.807, 2.05) is 6.07 Å². The Morgan fingerprint density at radius 1 is 1.13 bits per heavy atom. The van der Waals surface area contributed by atoms with E-state index in [2.05, 4.69) is 10.6 Å². The molecule has 1 atom stereocenters. The van der Waals surface area contributed by atoms with E-state index in [0.29, 0.717) is 0 Å². The fourth-order valence-electron chi connectivity index (χ4n) is 1.65. The average molecular weight is 231 g/mol. The SMILES string of the molecule is Cl.Oc1ccc([C@H]2CNCCN2)cc1O. The summed E-state index contributed by atoms with van der Waals surface area (Å²) in [5.74, 6) is -0.132. The van der Waals surface area contributed by atoms with E-state index < -0.39 is 0 Å². The predicted octanol–water partition coefficient (Wildman–Crippen LogP) is 0.753. The van der Waals surface area contributed by atoms with Crippen molar-refractivity contribution in [1.29, 1.82) is 0 Å². The second kappa shape index (κ2) is 5.21. The highest BCUT2D eigenvalue weighted by Gasteiger charge is 2.15. The maximum Gasteiger partial charge on any atom is 0.157 e. The lowest BCUT2D eigenvalue weighted by Crippen LogP contribution is -2.42. The molecule has 4 nitrogen and oxygen atoms in total. The summed E-state index contributed by atoms with van der Waals surface area (Å²) >= 11 is 0. The van der Waals surface area contributed by atoms with Gasteiger partial charge in [0.2, 0.25) is 0 Å². The van der Waals surface area contributed by atoms with Crippen LogP contribution in [-0.2, 0) is 0 Å². The Morgan fingerprint density at radius 3 is 2.53 bits per heavy atom. The fourth-order valence-corrected chi connectivity index (χ4v) is 1.65. The zero-order valence-corrected chi connectivity index (χ0v) is 9.05. The highest BCUT2D eigenvalue weighted by atomic mass is 35.5. The summed E-state index contributed by atoms with van der Waals surface area (Å²) in [7, 11) is 0. The highest BCUT2D eigenvalue weighted by Crippen LogP contribution is 2.27. The van der Waals surface area contributed by atoms with E-state index in [-0.39, 0.29) is 29.9 Å². The van der Waals surface area contributed by atoms with Crippen LogP contribution in [-0.4, -0.2) is 29.8 Å². The van der Waals surface area contributed by atoms with Crippen molar-refractivity contribution in [2.45, 2.75) is 6.04 Å². The Kier molecular flexibility index (Phi) is 4.20. The standard InChI is InChI=1S/C10H14N2O2.ClH/c13-9-2-1-7(5-10(9)14)8-6-11-3-4-12-8;/h1-2,5,8,11-14H,3-4,6H2;1H/t8-;/m1./s1. The van der Waals surface area contributed by atoms with Crippen LogP contribution in [0.25, 0.3) is 0 Å². The Morgan fingerprint density at radius 2 is 1.93 bits per heavy atom. The molecule has 1 aromatic carbocycles. The molecule has 5 heteroatoms. The number of halogens is 1. The van der Waals surface area contributed by atoms with Gasteiger partial charge in [-0.25, -0.2) is 0 Å². The van der Waals surface area contributed by atoms with Crippen LogP contribution in [0.5, 0.6) is 11.5 Å². The molecule has 1 fully saturated rings.